The highest BCUT2D eigenvalue weighted by molar-refractivity contribution is 6.10. The van der Waals surface area contributed by atoms with Crippen molar-refractivity contribution in [3.8, 4) is 0 Å². The fourth-order valence-electron chi connectivity index (χ4n) is 1.45. The highest BCUT2D eigenvalue weighted by Gasteiger charge is 2.18. The summed E-state index contributed by atoms with van der Waals surface area (Å²) >= 11 is 0. The zero-order chi connectivity index (χ0) is 12.6. The minimum Gasteiger partial charge on any atom is -0.458 e. The summed E-state index contributed by atoms with van der Waals surface area (Å²) in [7, 11) is 0. The summed E-state index contributed by atoms with van der Waals surface area (Å²) in [6, 6.07) is 4.60. The van der Waals surface area contributed by atoms with Crippen LogP contribution in [0.15, 0.2) is 28.7 Å². The Labute approximate surface area is 95.8 Å². The second-order valence-corrected chi connectivity index (χ2v) is 3.59. The summed E-state index contributed by atoms with van der Waals surface area (Å²) < 4.78 is 31.0. The SMILES string of the molecule is Cc1ccc(C(=O)c2cc(F)c(F)cc2N)o1. The fraction of sp³-hybridized carbons (Fsp3) is 0.0833. The van der Waals surface area contributed by atoms with Crippen molar-refractivity contribution in [2.24, 2.45) is 0 Å². The Kier molecular flexibility index (Phi) is 2.67. The first-order valence-electron chi connectivity index (χ1n) is 4.84. The quantitative estimate of drug-likeness (QED) is 0.645. The average molecular weight is 237 g/mol. The van der Waals surface area contributed by atoms with E-state index in [9.17, 15) is 13.6 Å². The number of rotatable bonds is 2. The van der Waals surface area contributed by atoms with Crippen LogP contribution in [-0.4, -0.2) is 5.78 Å². The molecule has 0 unspecified atom stereocenters. The summed E-state index contributed by atoms with van der Waals surface area (Å²) in [5.41, 5.74) is 5.23. The van der Waals surface area contributed by atoms with Crippen LogP contribution >= 0.6 is 0 Å². The molecule has 0 radical (unpaired) electrons. The third kappa shape index (κ3) is 2.04. The van der Waals surface area contributed by atoms with Gasteiger partial charge in [0.15, 0.2) is 17.4 Å². The van der Waals surface area contributed by atoms with Crippen molar-refractivity contribution in [2.75, 3.05) is 5.73 Å². The van der Waals surface area contributed by atoms with Crippen LogP contribution in [-0.2, 0) is 0 Å². The van der Waals surface area contributed by atoms with Gasteiger partial charge in [-0.1, -0.05) is 0 Å². The predicted molar refractivity (Wildman–Crippen MR) is 57.6 cm³/mol. The van der Waals surface area contributed by atoms with Crippen LogP contribution in [0.4, 0.5) is 14.5 Å². The average Bonchev–Trinajstić information content (AvgIpc) is 2.69. The topological polar surface area (TPSA) is 56.2 Å². The third-order valence-corrected chi connectivity index (χ3v) is 2.30. The Morgan fingerprint density at radius 3 is 2.47 bits per heavy atom. The molecule has 0 spiro atoms. The van der Waals surface area contributed by atoms with Crippen molar-refractivity contribution >= 4 is 11.5 Å². The van der Waals surface area contributed by atoms with Crippen LogP contribution in [0.1, 0.15) is 21.9 Å². The number of ketones is 1. The van der Waals surface area contributed by atoms with E-state index in [4.69, 9.17) is 10.2 Å². The van der Waals surface area contributed by atoms with Crippen LogP contribution in [0.25, 0.3) is 0 Å². The molecule has 2 rings (SSSR count). The number of hydrogen-bond acceptors (Lipinski definition) is 3. The number of nitrogen functional groups attached to an aromatic ring is 1. The highest BCUT2D eigenvalue weighted by Crippen LogP contribution is 2.21. The Bertz CT molecular complexity index is 590. The van der Waals surface area contributed by atoms with E-state index >= 15 is 0 Å². The molecule has 0 aliphatic carbocycles. The van der Waals surface area contributed by atoms with Gasteiger partial charge in [0.2, 0.25) is 5.78 Å². The molecule has 1 aromatic carbocycles. The first kappa shape index (κ1) is 11.3. The van der Waals surface area contributed by atoms with Crippen LogP contribution in [0, 0.1) is 18.6 Å². The molecule has 88 valence electrons. The van der Waals surface area contributed by atoms with Gasteiger partial charge in [-0.25, -0.2) is 8.78 Å². The van der Waals surface area contributed by atoms with Crippen LogP contribution < -0.4 is 5.73 Å². The molecule has 1 heterocycles. The lowest BCUT2D eigenvalue weighted by Crippen LogP contribution is -2.06. The number of anilines is 1. The minimum absolute atomic E-state index is 0.0419. The van der Waals surface area contributed by atoms with Crippen molar-refractivity contribution in [3.05, 3.63) is 53.0 Å². The molecule has 17 heavy (non-hydrogen) atoms. The predicted octanol–water partition coefficient (Wildman–Crippen LogP) is 2.68. The smallest absolute Gasteiger partial charge is 0.230 e. The molecule has 0 aliphatic rings. The lowest BCUT2D eigenvalue weighted by molar-refractivity contribution is 0.101. The van der Waals surface area contributed by atoms with E-state index in [1.54, 1.807) is 13.0 Å². The number of benzene rings is 1. The summed E-state index contributed by atoms with van der Waals surface area (Å²) in [5, 5.41) is 0. The molecule has 0 saturated carbocycles. The summed E-state index contributed by atoms with van der Waals surface area (Å²) in [4.78, 5) is 11.9. The second-order valence-electron chi connectivity index (χ2n) is 3.59. The number of halogens is 2. The summed E-state index contributed by atoms with van der Waals surface area (Å²) in [5.74, 6) is -2.19. The van der Waals surface area contributed by atoms with Gasteiger partial charge in [0.05, 0.1) is 5.56 Å². The number of hydrogen-bond donors (Lipinski definition) is 1. The van der Waals surface area contributed by atoms with Gasteiger partial charge in [0.25, 0.3) is 0 Å². The van der Waals surface area contributed by atoms with Crippen molar-refractivity contribution < 1.29 is 18.0 Å². The highest BCUT2D eigenvalue weighted by atomic mass is 19.2. The normalized spacial score (nSPS) is 10.5. The van der Waals surface area contributed by atoms with Gasteiger partial charge in [-0.2, -0.15) is 0 Å². The third-order valence-electron chi connectivity index (χ3n) is 2.30. The maximum absolute atomic E-state index is 13.0. The largest absolute Gasteiger partial charge is 0.458 e. The molecule has 2 aromatic rings. The molecular weight excluding hydrogens is 228 g/mol. The number of carbonyl (C=O) groups excluding carboxylic acids is 1. The molecule has 2 N–H and O–H groups in total. The Morgan fingerprint density at radius 1 is 1.24 bits per heavy atom. The summed E-state index contributed by atoms with van der Waals surface area (Å²) in [6.45, 7) is 1.67. The molecule has 0 saturated heterocycles. The monoisotopic (exact) mass is 237 g/mol. The van der Waals surface area contributed by atoms with Gasteiger partial charge < -0.3 is 10.2 Å². The molecule has 5 heteroatoms. The lowest BCUT2D eigenvalue weighted by Gasteiger charge is -2.03. The maximum Gasteiger partial charge on any atom is 0.230 e. The van der Waals surface area contributed by atoms with E-state index < -0.39 is 17.4 Å². The molecule has 0 amide bonds. The Hall–Kier alpha value is -2.17. The zero-order valence-electron chi connectivity index (χ0n) is 8.96. The van der Waals surface area contributed by atoms with Gasteiger partial charge in [0.1, 0.15) is 5.76 Å². The molecular formula is C12H9F2NO2. The second kappa shape index (κ2) is 4.01. The first-order chi connectivity index (χ1) is 7.99. The van der Waals surface area contributed by atoms with E-state index in [0.717, 1.165) is 12.1 Å². The van der Waals surface area contributed by atoms with E-state index in [2.05, 4.69) is 0 Å². The van der Waals surface area contributed by atoms with Crippen molar-refractivity contribution in [2.45, 2.75) is 6.92 Å². The van der Waals surface area contributed by atoms with E-state index in [0.29, 0.717) is 5.76 Å². The molecule has 1 aromatic heterocycles. The Balaban J connectivity index is 2.47. The van der Waals surface area contributed by atoms with E-state index in [1.807, 2.05) is 0 Å². The first-order valence-corrected chi connectivity index (χ1v) is 4.84. The van der Waals surface area contributed by atoms with Crippen LogP contribution in [0.3, 0.4) is 0 Å². The van der Waals surface area contributed by atoms with Crippen molar-refractivity contribution in [1.82, 2.24) is 0 Å². The lowest BCUT2D eigenvalue weighted by atomic mass is 10.1. The van der Waals surface area contributed by atoms with Crippen molar-refractivity contribution in [3.63, 3.8) is 0 Å². The minimum atomic E-state index is -1.12. The number of aryl methyl sites for hydroxylation is 1. The number of carbonyl (C=O) groups is 1. The number of furan rings is 1. The van der Waals surface area contributed by atoms with Gasteiger partial charge in [0, 0.05) is 11.8 Å². The van der Waals surface area contributed by atoms with E-state index in [-0.39, 0.29) is 17.0 Å². The maximum atomic E-state index is 13.0. The van der Waals surface area contributed by atoms with E-state index in [1.165, 1.54) is 6.07 Å². The molecule has 3 nitrogen and oxygen atoms in total. The molecule has 0 bridgehead atoms. The molecule has 0 fully saturated rings. The van der Waals surface area contributed by atoms with Gasteiger partial charge in [-0.15, -0.1) is 0 Å². The van der Waals surface area contributed by atoms with Crippen molar-refractivity contribution in [1.29, 1.82) is 0 Å². The standard InChI is InChI=1S/C12H9F2NO2/c1-6-2-3-11(17-6)12(16)7-4-8(13)9(14)5-10(7)15/h2-5H,15H2,1H3. The van der Waals surface area contributed by atoms with Gasteiger partial charge in [-0.05, 0) is 25.1 Å². The van der Waals surface area contributed by atoms with Crippen LogP contribution in [0.5, 0.6) is 0 Å². The van der Waals surface area contributed by atoms with Gasteiger partial charge >= 0.3 is 0 Å². The summed E-state index contributed by atoms with van der Waals surface area (Å²) in [6.07, 6.45) is 0. The van der Waals surface area contributed by atoms with Gasteiger partial charge in [-0.3, -0.25) is 4.79 Å². The molecule has 0 aliphatic heterocycles. The van der Waals surface area contributed by atoms with Crippen LogP contribution in [0.2, 0.25) is 0 Å². The number of nitrogens with two attached hydrogens (primary N) is 1. The Morgan fingerprint density at radius 2 is 1.88 bits per heavy atom. The fourth-order valence-corrected chi connectivity index (χ4v) is 1.45. The zero-order valence-corrected chi connectivity index (χ0v) is 8.96. The molecule has 0 atom stereocenters.